The molecule has 4 nitrogen and oxygen atoms in total. The fraction of sp³-hybridized carbons (Fsp3) is 0.100. The normalized spacial score (nSPS) is 11.3. The number of ketones is 1. The number of halogens is 4. The molecule has 5 rings (SSSR count). The van der Waals surface area contributed by atoms with E-state index in [9.17, 15) is 22.4 Å². The number of fused-ring (bicyclic) bond motifs is 1. The van der Waals surface area contributed by atoms with E-state index in [1.165, 1.54) is 18.5 Å². The number of carbonyl (C=O) groups is 1. The summed E-state index contributed by atoms with van der Waals surface area (Å²) in [5, 5.41) is 0.702. The molecule has 5 aromatic rings. The van der Waals surface area contributed by atoms with Crippen LogP contribution in [0.4, 0.5) is 17.6 Å². The van der Waals surface area contributed by atoms with Gasteiger partial charge in [0.15, 0.2) is 5.78 Å². The highest BCUT2D eigenvalue weighted by molar-refractivity contribution is 5.98. The van der Waals surface area contributed by atoms with Crippen LogP contribution in [-0.4, -0.2) is 20.3 Å². The van der Waals surface area contributed by atoms with Crippen molar-refractivity contribution < 1.29 is 22.4 Å². The largest absolute Gasteiger partial charge is 0.416 e. The minimum Gasteiger partial charge on any atom is -0.324 e. The van der Waals surface area contributed by atoms with Gasteiger partial charge >= 0.3 is 6.18 Å². The maximum Gasteiger partial charge on any atom is 0.416 e. The van der Waals surface area contributed by atoms with Crippen LogP contribution in [0.25, 0.3) is 16.6 Å². The van der Waals surface area contributed by atoms with Gasteiger partial charge in [0.2, 0.25) is 0 Å². The molecule has 0 aliphatic heterocycles. The van der Waals surface area contributed by atoms with Crippen LogP contribution in [0, 0.1) is 24.6 Å². The van der Waals surface area contributed by atoms with Crippen LogP contribution in [-0.2, 0) is 12.6 Å². The summed E-state index contributed by atoms with van der Waals surface area (Å²) in [7, 11) is 0. The van der Waals surface area contributed by atoms with Gasteiger partial charge in [-0.1, -0.05) is 17.9 Å². The molecule has 0 bridgehead atoms. The molecule has 188 valence electrons. The fourth-order valence-electron chi connectivity index (χ4n) is 4.08. The molecule has 0 spiro atoms. The number of hydrogen-bond acceptors (Lipinski definition) is 3. The van der Waals surface area contributed by atoms with E-state index in [1.807, 2.05) is 6.92 Å². The van der Waals surface area contributed by atoms with Gasteiger partial charge in [0, 0.05) is 47.2 Å². The highest BCUT2D eigenvalue weighted by Gasteiger charge is 2.31. The zero-order chi connectivity index (χ0) is 26.9. The van der Waals surface area contributed by atoms with Gasteiger partial charge in [-0.05, 0) is 72.6 Å². The van der Waals surface area contributed by atoms with Crippen LogP contribution in [0.5, 0.6) is 0 Å². The van der Waals surface area contributed by atoms with Gasteiger partial charge < -0.3 is 4.57 Å². The van der Waals surface area contributed by atoms with E-state index in [4.69, 9.17) is 0 Å². The Morgan fingerprint density at radius 1 is 1.00 bits per heavy atom. The van der Waals surface area contributed by atoms with Crippen molar-refractivity contribution in [3.8, 4) is 17.5 Å². The maximum atomic E-state index is 14.5. The molecule has 0 aliphatic carbocycles. The minimum absolute atomic E-state index is 0.00255. The van der Waals surface area contributed by atoms with Crippen LogP contribution in [0.15, 0.2) is 85.6 Å². The lowest BCUT2D eigenvalue weighted by atomic mass is 9.98. The number of carbonyl (C=O) groups excluding carboxylic acids is 1. The number of Topliss-reactive ketones (excluding diaryl/α,β-unsaturated/α-hetero) is 1. The van der Waals surface area contributed by atoms with Gasteiger partial charge in [-0.25, -0.2) is 14.4 Å². The average Bonchev–Trinajstić information content (AvgIpc) is 3.33. The molecular formula is C30H19F4N3O. The summed E-state index contributed by atoms with van der Waals surface area (Å²) in [6.45, 7) is 1.83. The Bertz CT molecular complexity index is 1740. The zero-order valence-corrected chi connectivity index (χ0v) is 20.1. The molecule has 3 aromatic carbocycles. The molecule has 0 aliphatic rings. The highest BCUT2D eigenvalue weighted by atomic mass is 19.4. The summed E-state index contributed by atoms with van der Waals surface area (Å²) in [5.74, 6) is 4.59. The van der Waals surface area contributed by atoms with Crippen molar-refractivity contribution in [2.75, 3.05) is 0 Å². The topological polar surface area (TPSA) is 47.8 Å². The SMILES string of the molecule is Cc1ccn(-c2cc(CC(=O)c3ccc(F)c(C#Cc4cccc5ncncc45)c3)cc(C(F)(F)F)c2)c1. The molecular weight excluding hydrogens is 494 g/mol. The lowest BCUT2D eigenvalue weighted by Crippen LogP contribution is -2.10. The van der Waals surface area contributed by atoms with Gasteiger partial charge in [0.05, 0.1) is 16.6 Å². The Morgan fingerprint density at radius 3 is 2.58 bits per heavy atom. The monoisotopic (exact) mass is 513 g/mol. The Morgan fingerprint density at radius 2 is 1.82 bits per heavy atom. The predicted molar refractivity (Wildman–Crippen MR) is 135 cm³/mol. The first-order chi connectivity index (χ1) is 18.2. The quantitative estimate of drug-likeness (QED) is 0.152. The molecule has 8 heteroatoms. The molecule has 0 unspecified atom stereocenters. The van der Waals surface area contributed by atoms with Crippen LogP contribution in [0.2, 0.25) is 0 Å². The third-order valence-electron chi connectivity index (χ3n) is 5.98. The number of hydrogen-bond donors (Lipinski definition) is 0. The Kier molecular flexibility index (Phi) is 6.52. The van der Waals surface area contributed by atoms with Crippen molar-refractivity contribution in [1.29, 1.82) is 0 Å². The molecule has 0 N–H and O–H groups in total. The first kappa shape index (κ1) is 24.9. The molecule has 38 heavy (non-hydrogen) atoms. The first-order valence-corrected chi connectivity index (χ1v) is 11.6. The molecule has 0 atom stereocenters. The molecule has 0 radical (unpaired) electrons. The lowest BCUT2D eigenvalue weighted by molar-refractivity contribution is -0.137. The standard InChI is InChI=1S/C30H19F4N3O/c1-19-9-10-37(17-19)25-12-20(11-24(15-25)30(32,33)34)13-29(38)23-7-8-27(31)22(14-23)6-5-21-3-2-4-28-26(21)16-35-18-36-28/h2-4,7-12,14-18H,13H2,1H3. The number of aromatic nitrogens is 3. The lowest BCUT2D eigenvalue weighted by Gasteiger charge is -2.13. The van der Waals surface area contributed by atoms with Crippen molar-refractivity contribution in [3.63, 3.8) is 0 Å². The third-order valence-corrected chi connectivity index (χ3v) is 5.98. The number of rotatable bonds is 4. The number of aryl methyl sites for hydroxylation is 1. The zero-order valence-electron chi connectivity index (χ0n) is 20.1. The minimum atomic E-state index is -4.58. The van der Waals surface area contributed by atoms with E-state index in [0.717, 1.165) is 23.8 Å². The van der Waals surface area contributed by atoms with Gasteiger partial charge in [0.1, 0.15) is 12.1 Å². The summed E-state index contributed by atoms with van der Waals surface area (Å²) < 4.78 is 56.9. The molecule has 0 saturated heterocycles. The van der Waals surface area contributed by atoms with Gasteiger partial charge in [0.25, 0.3) is 0 Å². The van der Waals surface area contributed by atoms with Crippen LogP contribution >= 0.6 is 0 Å². The average molecular weight is 513 g/mol. The second-order valence-electron chi connectivity index (χ2n) is 8.79. The van der Waals surface area contributed by atoms with Crippen LogP contribution < -0.4 is 0 Å². The van der Waals surface area contributed by atoms with Crippen LogP contribution in [0.3, 0.4) is 0 Å². The van der Waals surface area contributed by atoms with E-state index < -0.39 is 23.3 Å². The van der Waals surface area contributed by atoms with Gasteiger partial charge in [-0.3, -0.25) is 4.79 Å². The van der Waals surface area contributed by atoms with Crippen molar-refractivity contribution in [2.24, 2.45) is 0 Å². The smallest absolute Gasteiger partial charge is 0.324 e. The summed E-state index contributed by atoms with van der Waals surface area (Å²) in [5.41, 5.74) is 1.94. The van der Waals surface area contributed by atoms with E-state index >= 15 is 0 Å². The van der Waals surface area contributed by atoms with E-state index in [1.54, 1.807) is 53.5 Å². The molecule has 0 fully saturated rings. The number of benzene rings is 3. The van der Waals surface area contributed by atoms with Crippen molar-refractivity contribution >= 4 is 16.7 Å². The Labute approximate surface area is 215 Å². The second-order valence-corrected chi connectivity index (χ2v) is 8.79. The summed E-state index contributed by atoms with van der Waals surface area (Å²) in [6.07, 6.45) is 1.51. The van der Waals surface area contributed by atoms with Crippen molar-refractivity contribution in [1.82, 2.24) is 14.5 Å². The van der Waals surface area contributed by atoms with E-state index in [2.05, 4.69) is 21.8 Å². The predicted octanol–water partition coefficient (Wildman–Crippen LogP) is 6.71. The molecule has 2 aromatic heterocycles. The summed E-state index contributed by atoms with van der Waals surface area (Å²) >= 11 is 0. The molecule has 0 saturated carbocycles. The van der Waals surface area contributed by atoms with E-state index in [0.29, 0.717) is 22.2 Å². The van der Waals surface area contributed by atoms with Crippen molar-refractivity contribution in [3.05, 3.63) is 125 Å². The second kappa shape index (κ2) is 9.94. The summed E-state index contributed by atoms with van der Waals surface area (Å²) in [4.78, 5) is 21.2. The van der Waals surface area contributed by atoms with E-state index in [-0.39, 0.29) is 23.1 Å². The number of nitrogens with zero attached hydrogens (tertiary/aromatic N) is 3. The summed E-state index contributed by atoms with van der Waals surface area (Å²) in [6, 6.07) is 14.4. The molecule has 2 heterocycles. The first-order valence-electron chi connectivity index (χ1n) is 11.6. The highest BCUT2D eigenvalue weighted by Crippen LogP contribution is 2.32. The van der Waals surface area contributed by atoms with Gasteiger partial charge in [-0.15, -0.1) is 0 Å². The maximum absolute atomic E-state index is 14.5. The van der Waals surface area contributed by atoms with Crippen molar-refractivity contribution in [2.45, 2.75) is 19.5 Å². The number of alkyl halides is 3. The molecule has 0 amide bonds. The van der Waals surface area contributed by atoms with Crippen LogP contribution in [0.1, 0.15) is 38.2 Å². The fourth-order valence-corrected chi connectivity index (χ4v) is 4.08. The third kappa shape index (κ3) is 5.32. The Hall–Kier alpha value is -4.77. The Balaban J connectivity index is 1.46. The van der Waals surface area contributed by atoms with Gasteiger partial charge in [-0.2, -0.15) is 13.2 Å².